The number of aliphatic carboxylic acids is 1. The lowest BCUT2D eigenvalue weighted by Gasteiger charge is -2.42. The second kappa shape index (κ2) is 5.69. The third kappa shape index (κ3) is 3.22. The van der Waals surface area contributed by atoms with Crippen molar-refractivity contribution < 1.29 is 14.7 Å². The highest BCUT2D eigenvalue weighted by molar-refractivity contribution is 5.87. The first-order valence-corrected chi connectivity index (χ1v) is 6.58. The zero-order valence-corrected chi connectivity index (χ0v) is 11.7. The minimum absolute atomic E-state index is 0.0887. The first-order valence-electron chi connectivity index (χ1n) is 6.58. The number of carbonyl (C=O) groups excluding carboxylic acids is 1. The molecular weight excluding hydrogens is 232 g/mol. The number of nitrogens with zero attached hydrogens (tertiary/aromatic N) is 1. The molecule has 104 valence electrons. The van der Waals surface area contributed by atoms with Crippen LogP contribution in [0.1, 0.15) is 47.0 Å². The number of hydrogen-bond acceptors (Lipinski definition) is 3. The lowest BCUT2D eigenvalue weighted by atomic mass is 9.95. The number of carboxylic acid groups (broad SMARTS) is 1. The fourth-order valence-corrected chi connectivity index (χ4v) is 2.56. The standard InChI is InChI=1S/C13H24N2O3/c1-5-9(2)15-12(18)10(8-11(16)17)14-7-6-13(15,3)4/h9-10,14H,5-8H2,1-4H3,(H,16,17). The highest BCUT2D eigenvalue weighted by Crippen LogP contribution is 2.26. The zero-order valence-electron chi connectivity index (χ0n) is 11.7. The molecule has 1 rings (SSSR count). The Kier molecular flexibility index (Phi) is 4.73. The van der Waals surface area contributed by atoms with E-state index in [4.69, 9.17) is 5.11 Å². The van der Waals surface area contributed by atoms with Crippen LogP contribution in [-0.4, -0.2) is 46.1 Å². The number of rotatable bonds is 4. The van der Waals surface area contributed by atoms with E-state index in [0.717, 1.165) is 12.8 Å². The summed E-state index contributed by atoms with van der Waals surface area (Å²) in [6, 6.07) is -0.470. The smallest absolute Gasteiger partial charge is 0.305 e. The molecule has 1 heterocycles. The first-order chi connectivity index (χ1) is 8.29. The Bertz CT molecular complexity index is 328. The summed E-state index contributed by atoms with van der Waals surface area (Å²) in [6.45, 7) is 8.81. The molecule has 5 heteroatoms. The molecule has 0 aromatic rings. The number of hydrogen-bond donors (Lipinski definition) is 2. The van der Waals surface area contributed by atoms with Gasteiger partial charge in [-0.25, -0.2) is 0 Å². The van der Waals surface area contributed by atoms with Gasteiger partial charge in [-0.3, -0.25) is 9.59 Å². The van der Waals surface area contributed by atoms with Gasteiger partial charge >= 0.3 is 5.97 Å². The second-order valence-electron chi connectivity index (χ2n) is 5.63. The van der Waals surface area contributed by atoms with E-state index in [1.54, 1.807) is 0 Å². The van der Waals surface area contributed by atoms with E-state index in [-0.39, 0.29) is 23.9 Å². The number of carboxylic acids is 1. The van der Waals surface area contributed by atoms with Gasteiger partial charge in [-0.05, 0) is 40.2 Å². The Labute approximate surface area is 109 Å². The molecular formula is C13H24N2O3. The molecule has 1 aliphatic rings. The zero-order chi connectivity index (χ0) is 13.9. The second-order valence-corrected chi connectivity index (χ2v) is 5.63. The van der Waals surface area contributed by atoms with Gasteiger partial charge < -0.3 is 15.3 Å². The van der Waals surface area contributed by atoms with Gasteiger partial charge in [0.05, 0.1) is 12.5 Å². The van der Waals surface area contributed by atoms with Crippen LogP contribution in [0.3, 0.4) is 0 Å². The van der Waals surface area contributed by atoms with Crippen LogP contribution < -0.4 is 5.32 Å². The molecule has 2 atom stereocenters. The highest BCUT2D eigenvalue weighted by Gasteiger charge is 2.40. The van der Waals surface area contributed by atoms with Gasteiger partial charge in [0.1, 0.15) is 0 Å². The molecule has 1 aliphatic heterocycles. The fourth-order valence-electron chi connectivity index (χ4n) is 2.56. The van der Waals surface area contributed by atoms with Crippen LogP contribution >= 0.6 is 0 Å². The largest absolute Gasteiger partial charge is 0.481 e. The average molecular weight is 256 g/mol. The van der Waals surface area contributed by atoms with Gasteiger partial charge in [0.2, 0.25) is 5.91 Å². The van der Waals surface area contributed by atoms with Crippen molar-refractivity contribution in [2.45, 2.75) is 64.6 Å². The van der Waals surface area contributed by atoms with Crippen molar-refractivity contribution in [3.8, 4) is 0 Å². The van der Waals surface area contributed by atoms with Crippen molar-refractivity contribution in [3.05, 3.63) is 0 Å². The van der Waals surface area contributed by atoms with E-state index in [0.29, 0.717) is 6.54 Å². The molecule has 0 aromatic carbocycles. The lowest BCUT2D eigenvalue weighted by Crippen LogP contribution is -2.55. The Balaban J connectivity index is 2.98. The molecule has 0 radical (unpaired) electrons. The third-order valence-corrected chi connectivity index (χ3v) is 3.73. The predicted molar refractivity (Wildman–Crippen MR) is 69.3 cm³/mol. The van der Waals surface area contributed by atoms with E-state index >= 15 is 0 Å². The molecule has 2 unspecified atom stereocenters. The van der Waals surface area contributed by atoms with E-state index in [2.05, 4.69) is 5.32 Å². The molecule has 0 spiro atoms. The highest BCUT2D eigenvalue weighted by atomic mass is 16.4. The van der Waals surface area contributed by atoms with Crippen LogP contribution in [-0.2, 0) is 9.59 Å². The van der Waals surface area contributed by atoms with Crippen molar-refractivity contribution in [2.75, 3.05) is 6.54 Å². The first kappa shape index (κ1) is 15.0. The van der Waals surface area contributed by atoms with E-state index in [1.165, 1.54) is 0 Å². The van der Waals surface area contributed by atoms with Gasteiger partial charge in [-0.15, -0.1) is 0 Å². The summed E-state index contributed by atoms with van der Waals surface area (Å²) in [5.41, 5.74) is -0.229. The maximum absolute atomic E-state index is 12.5. The van der Waals surface area contributed by atoms with E-state index in [1.807, 2.05) is 32.6 Å². The molecule has 0 aromatic heterocycles. The molecule has 1 fully saturated rings. The molecule has 1 saturated heterocycles. The Morgan fingerprint density at radius 1 is 1.61 bits per heavy atom. The SMILES string of the molecule is CCC(C)N1C(=O)C(CC(=O)O)NCCC1(C)C. The van der Waals surface area contributed by atoms with Crippen LogP contribution in [0.15, 0.2) is 0 Å². The number of amides is 1. The molecule has 5 nitrogen and oxygen atoms in total. The monoisotopic (exact) mass is 256 g/mol. The normalized spacial score (nSPS) is 25.7. The molecule has 0 saturated carbocycles. The maximum atomic E-state index is 12.5. The molecule has 18 heavy (non-hydrogen) atoms. The molecule has 0 aliphatic carbocycles. The van der Waals surface area contributed by atoms with Crippen molar-refractivity contribution >= 4 is 11.9 Å². The third-order valence-electron chi connectivity index (χ3n) is 3.73. The Morgan fingerprint density at radius 3 is 2.72 bits per heavy atom. The minimum Gasteiger partial charge on any atom is -0.481 e. The summed E-state index contributed by atoms with van der Waals surface area (Å²) < 4.78 is 0. The Morgan fingerprint density at radius 2 is 2.22 bits per heavy atom. The minimum atomic E-state index is -0.940. The van der Waals surface area contributed by atoms with Crippen LogP contribution in [0.25, 0.3) is 0 Å². The van der Waals surface area contributed by atoms with Gasteiger partial charge in [0.25, 0.3) is 0 Å². The van der Waals surface area contributed by atoms with Crippen LogP contribution in [0.2, 0.25) is 0 Å². The van der Waals surface area contributed by atoms with Crippen LogP contribution in [0.4, 0.5) is 0 Å². The summed E-state index contributed by atoms with van der Waals surface area (Å²) in [6.07, 6.45) is 1.55. The maximum Gasteiger partial charge on any atom is 0.305 e. The van der Waals surface area contributed by atoms with Crippen LogP contribution in [0.5, 0.6) is 0 Å². The van der Waals surface area contributed by atoms with Gasteiger partial charge in [0, 0.05) is 11.6 Å². The van der Waals surface area contributed by atoms with E-state index in [9.17, 15) is 9.59 Å². The number of nitrogens with one attached hydrogen (secondary N) is 1. The Hall–Kier alpha value is -1.10. The number of carbonyl (C=O) groups is 2. The molecule has 2 N–H and O–H groups in total. The summed E-state index contributed by atoms with van der Waals surface area (Å²) in [4.78, 5) is 25.2. The van der Waals surface area contributed by atoms with Crippen molar-refractivity contribution in [2.24, 2.45) is 0 Å². The summed E-state index contributed by atoms with van der Waals surface area (Å²) in [5, 5.41) is 11.9. The van der Waals surface area contributed by atoms with Crippen molar-refractivity contribution in [1.82, 2.24) is 10.2 Å². The van der Waals surface area contributed by atoms with Crippen LogP contribution in [0, 0.1) is 0 Å². The average Bonchev–Trinajstić information content (AvgIpc) is 2.35. The summed E-state index contributed by atoms with van der Waals surface area (Å²) in [5.74, 6) is -1.03. The predicted octanol–water partition coefficient (Wildman–Crippen LogP) is 1.23. The summed E-state index contributed by atoms with van der Waals surface area (Å²) >= 11 is 0. The molecule has 1 amide bonds. The van der Waals surface area contributed by atoms with Crippen molar-refractivity contribution in [3.63, 3.8) is 0 Å². The molecule has 0 bridgehead atoms. The quantitative estimate of drug-likeness (QED) is 0.793. The summed E-state index contributed by atoms with van der Waals surface area (Å²) in [7, 11) is 0. The van der Waals surface area contributed by atoms with Gasteiger partial charge in [-0.1, -0.05) is 6.92 Å². The topological polar surface area (TPSA) is 69.6 Å². The van der Waals surface area contributed by atoms with Gasteiger partial charge in [0.15, 0.2) is 0 Å². The van der Waals surface area contributed by atoms with E-state index < -0.39 is 12.0 Å². The fraction of sp³-hybridized carbons (Fsp3) is 0.846. The van der Waals surface area contributed by atoms with Crippen molar-refractivity contribution in [1.29, 1.82) is 0 Å². The lowest BCUT2D eigenvalue weighted by molar-refractivity contribution is -0.146. The van der Waals surface area contributed by atoms with Gasteiger partial charge in [-0.2, -0.15) is 0 Å².